The molecule has 1 aromatic carbocycles. The molecule has 18 heavy (non-hydrogen) atoms. The van der Waals surface area contributed by atoms with Crippen LogP contribution in [0.15, 0.2) is 18.2 Å². The van der Waals surface area contributed by atoms with E-state index in [1.807, 2.05) is 6.92 Å². The van der Waals surface area contributed by atoms with Crippen molar-refractivity contribution in [3.63, 3.8) is 0 Å². The number of carbonyl (C=O) groups is 1. The summed E-state index contributed by atoms with van der Waals surface area (Å²) in [6.07, 6.45) is 1.61. The molecule has 1 saturated heterocycles. The first-order valence-corrected chi connectivity index (χ1v) is 6.17. The van der Waals surface area contributed by atoms with Crippen LogP contribution in [0.2, 0.25) is 0 Å². The van der Waals surface area contributed by atoms with Crippen molar-refractivity contribution in [2.24, 2.45) is 0 Å². The van der Waals surface area contributed by atoms with Crippen molar-refractivity contribution in [1.82, 2.24) is 5.32 Å². The normalized spacial score (nSPS) is 18.4. The Morgan fingerprint density at radius 1 is 1.39 bits per heavy atom. The number of aryl methyl sites for hydroxylation is 1. The van der Waals surface area contributed by atoms with Gasteiger partial charge in [0.1, 0.15) is 5.82 Å². The van der Waals surface area contributed by atoms with E-state index in [0.717, 1.165) is 12.8 Å². The summed E-state index contributed by atoms with van der Waals surface area (Å²) >= 11 is 0. The summed E-state index contributed by atoms with van der Waals surface area (Å²) in [4.78, 5) is 12.1. The van der Waals surface area contributed by atoms with Crippen molar-refractivity contribution in [3.05, 3.63) is 35.1 Å². The van der Waals surface area contributed by atoms with Crippen LogP contribution in [-0.4, -0.2) is 24.7 Å². The van der Waals surface area contributed by atoms with E-state index in [2.05, 4.69) is 5.32 Å². The van der Waals surface area contributed by atoms with Crippen molar-refractivity contribution >= 4 is 5.91 Å². The first-order chi connectivity index (χ1) is 8.50. The van der Waals surface area contributed by atoms with Crippen LogP contribution in [0.1, 0.15) is 35.7 Å². The molecule has 1 aromatic rings. The number of hydrogen-bond acceptors (Lipinski definition) is 2. The molecule has 1 aliphatic rings. The molecule has 1 fully saturated rings. The van der Waals surface area contributed by atoms with Crippen LogP contribution in [-0.2, 0) is 4.74 Å². The standard InChI is InChI=1S/C14H18FNO2/c1-10-9-11(3-4-12(10)15)13(17)16-14(2)5-7-18-8-6-14/h3-4,9H,5-8H2,1-2H3,(H,16,17). The topological polar surface area (TPSA) is 38.3 Å². The van der Waals surface area contributed by atoms with E-state index < -0.39 is 0 Å². The Morgan fingerprint density at radius 3 is 2.67 bits per heavy atom. The predicted octanol–water partition coefficient (Wildman–Crippen LogP) is 2.43. The largest absolute Gasteiger partial charge is 0.381 e. The number of benzene rings is 1. The summed E-state index contributed by atoms with van der Waals surface area (Å²) in [5.74, 6) is -0.439. The number of hydrogen-bond donors (Lipinski definition) is 1. The zero-order chi connectivity index (χ0) is 13.2. The molecular formula is C14H18FNO2. The van der Waals surface area contributed by atoms with Gasteiger partial charge in [0.15, 0.2) is 0 Å². The Labute approximate surface area is 106 Å². The molecule has 0 unspecified atom stereocenters. The van der Waals surface area contributed by atoms with E-state index in [1.54, 1.807) is 13.0 Å². The first-order valence-electron chi connectivity index (χ1n) is 6.17. The van der Waals surface area contributed by atoms with Gasteiger partial charge in [-0.05, 0) is 50.5 Å². The third-order valence-corrected chi connectivity index (χ3v) is 3.43. The Kier molecular flexibility index (Phi) is 3.66. The molecule has 3 nitrogen and oxygen atoms in total. The summed E-state index contributed by atoms with van der Waals surface area (Å²) in [7, 11) is 0. The fourth-order valence-electron chi connectivity index (χ4n) is 2.08. The van der Waals surface area contributed by atoms with Gasteiger partial charge in [0.05, 0.1) is 0 Å². The predicted molar refractivity (Wildman–Crippen MR) is 67.1 cm³/mol. The van der Waals surface area contributed by atoms with Crippen molar-refractivity contribution in [2.75, 3.05) is 13.2 Å². The quantitative estimate of drug-likeness (QED) is 0.876. The minimum Gasteiger partial charge on any atom is -0.381 e. The van der Waals surface area contributed by atoms with Gasteiger partial charge in [-0.3, -0.25) is 4.79 Å². The average molecular weight is 251 g/mol. The van der Waals surface area contributed by atoms with Gasteiger partial charge < -0.3 is 10.1 Å². The second kappa shape index (κ2) is 5.06. The molecular weight excluding hydrogens is 233 g/mol. The third kappa shape index (κ3) is 2.88. The van der Waals surface area contributed by atoms with Crippen LogP contribution in [0.5, 0.6) is 0 Å². The Hall–Kier alpha value is -1.42. The van der Waals surface area contributed by atoms with Crippen LogP contribution in [0.4, 0.5) is 4.39 Å². The summed E-state index contributed by atoms with van der Waals surface area (Å²) in [5, 5.41) is 3.02. The van der Waals surface area contributed by atoms with Gasteiger partial charge in [0, 0.05) is 24.3 Å². The van der Waals surface area contributed by atoms with E-state index in [0.29, 0.717) is 24.3 Å². The number of nitrogens with one attached hydrogen (secondary N) is 1. The Bertz CT molecular complexity index is 453. The van der Waals surface area contributed by atoms with Crippen molar-refractivity contribution in [1.29, 1.82) is 0 Å². The molecule has 1 N–H and O–H groups in total. The first kappa shape index (κ1) is 13.0. The molecule has 1 amide bonds. The molecule has 1 heterocycles. The van der Waals surface area contributed by atoms with Gasteiger partial charge in [-0.2, -0.15) is 0 Å². The smallest absolute Gasteiger partial charge is 0.251 e. The highest BCUT2D eigenvalue weighted by Gasteiger charge is 2.29. The molecule has 0 saturated carbocycles. The van der Waals surface area contributed by atoms with Gasteiger partial charge >= 0.3 is 0 Å². The summed E-state index contributed by atoms with van der Waals surface area (Å²) in [6.45, 7) is 5.00. The lowest BCUT2D eigenvalue weighted by Crippen LogP contribution is -2.49. The van der Waals surface area contributed by atoms with Crippen LogP contribution in [0.25, 0.3) is 0 Å². The van der Waals surface area contributed by atoms with Crippen molar-refractivity contribution in [2.45, 2.75) is 32.2 Å². The SMILES string of the molecule is Cc1cc(C(=O)NC2(C)CCOCC2)ccc1F. The number of ether oxygens (including phenoxy) is 1. The molecule has 0 spiro atoms. The number of halogens is 1. The highest BCUT2D eigenvalue weighted by atomic mass is 19.1. The highest BCUT2D eigenvalue weighted by Crippen LogP contribution is 2.20. The third-order valence-electron chi connectivity index (χ3n) is 3.43. The molecule has 0 aliphatic carbocycles. The van der Waals surface area contributed by atoms with Crippen molar-refractivity contribution in [3.8, 4) is 0 Å². The zero-order valence-corrected chi connectivity index (χ0v) is 10.8. The van der Waals surface area contributed by atoms with E-state index in [-0.39, 0.29) is 17.3 Å². The molecule has 0 atom stereocenters. The van der Waals surface area contributed by atoms with E-state index >= 15 is 0 Å². The maximum atomic E-state index is 13.1. The lowest BCUT2D eigenvalue weighted by Gasteiger charge is -2.34. The van der Waals surface area contributed by atoms with Crippen LogP contribution in [0, 0.1) is 12.7 Å². The Morgan fingerprint density at radius 2 is 2.06 bits per heavy atom. The second-order valence-electron chi connectivity index (χ2n) is 5.09. The van der Waals surface area contributed by atoms with Gasteiger partial charge in [-0.15, -0.1) is 0 Å². The maximum Gasteiger partial charge on any atom is 0.251 e. The minimum atomic E-state index is -0.288. The Balaban J connectivity index is 2.09. The van der Waals surface area contributed by atoms with Gasteiger partial charge in [-0.25, -0.2) is 4.39 Å². The fourth-order valence-corrected chi connectivity index (χ4v) is 2.08. The summed E-state index contributed by atoms with van der Waals surface area (Å²) < 4.78 is 18.4. The van der Waals surface area contributed by atoms with E-state index in [4.69, 9.17) is 4.74 Å². The lowest BCUT2D eigenvalue weighted by atomic mass is 9.92. The number of rotatable bonds is 2. The molecule has 98 valence electrons. The van der Waals surface area contributed by atoms with Crippen LogP contribution >= 0.6 is 0 Å². The monoisotopic (exact) mass is 251 g/mol. The number of amides is 1. The van der Waals surface area contributed by atoms with Gasteiger partial charge in [-0.1, -0.05) is 0 Å². The zero-order valence-electron chi connectivity index (χ0n) is 10.8. The molecule has 0 bridgehead atoms. The fraction of sp³-hybridized carbons (Fsp3) is 0.500. The van der Waals surface area contributed by atoms with E-state index in [9.17, 15) is 9.18 Å². The molecule has 0 radical (unpaired) electrons. The molecule has 1 aliphatic heterocycles. The lowest BCUT2D eigenvalue weighted by molar-refractivity contribution is 0.0423. The van der Waals surface area contributed by atoms with Gasteiger partial charge in [0.2, 0.25) is 0 Å². The summed E-state index contributed by atoms with van der Waals surface area (Å²) in [5.41, 5.74) is 0.763. The molecule has 0 aromatic heterocycles. The second-order valence-corrected chi connectivity index (χ2v) is 5.09. The van der Waals surface area contributed by atoms with E-state index in [1.165, 1.54) is 12.1 Å². The number of carbonyl (C=O) groups excluding carboxylic acids is 1. The maximum absolute atomic E-state index is 13.1. The van der Waals surface area contributed by atoms with Crippen LogP contribution < -0.4 is 5.32 Å². The minimum absolute atomic E-state index is 0.150. The van der Waals surface area contributed by atoms with Crippen molar-refractivity contribution < 1.29 is 13.9 Å². The average Bonchev–Trinajstić information content (AvgIpc) is 2.33. The van der Waals surface area contributed by atoms with Crippen LogP contribution in [0.3, 0.4) is 0 Å². The summed E-state index contributed by atoms with van der Waals surface area (Å²) in [6, 6.07) is 4.42. The molecule has 2 rings (SSSR count). The highest BCUT2D eigenvalue weighted by molar-refractivity contribution is 5.94. The van der Waals surface area contributed by atoms with Gasteiger partial charge in [0.25, 0.3) is 5.91 Å². The molecule has 4 heteroatoms.